The average Bonchev–Trinajstić information content (AvgIpc) is 2.89. The molecule has 0 saturated carbocycles. The Kier molecular flexibility index (Phi) is 10.7. The minimum Gasteiger partial charge on any atom is -0.326 e. The fourth-order valence-electron chi connectivity index (χ4n) is 3.84. The molecule has 3 aromatic rings. The standard InChI is InChI=1S/C30H35N3O3/c1-2-3-4-5-6-7-11-17-28(34)31-25-20-18-24(19-21-25)30(36)33-27-16-12-15-26(22-27)32-29(35)23-13-9-8-10-14-23/h8-10,12-16,18-22H,2-7,11,17H2,1H3,(H,31,34)(H,32,35)(H,33,36). The predicted octanol–water partition coefficient (Wildman–Crippen LogP) is 7.27. The molecule has 0 heterocycles. The molecule has 0 aromatic heterocycles. The highest BCUT2D eigenvalue weighted by molar-refractivity contribution is 6.06. The molecule has 0 bridgehead atoms. The van der Waals surface area contributed by atoms with Crippen LogP contribution in [0.15, 0.2) is 78.9 Å². The smallest absolute Gasteiger partial charge is 0.255 e. The minimum atomic E-state index is -0.275. The van der Waals surface area contributed by atoms with E-state index in [0.29, 0.717) is 34.6 Å². The van der Waals surface area contributed by atoms with Crippen LogP contribution in [0.1, 0.15) is 79.0 Å². The van der Waals surface area contributed by atoms with E-state index < -0.39 is 0 Å². The van der Waals surface area contributed by atoms with Crippen LogP contribution in [0, 0.1) is 0 Å². The Labute approximate surface area is 213 Å². The molecule has 6 heteroatoms. The van der Waals surface area contributed by atoms with Gasteiger partial charge in [0, 0.05) is 34.6 Å². The van der Waals surface area contributed by atoms with Crippen LogP contribution in [0.3, 0.4) is 0 Å². The second-order valence-corrected chi connectivity index (χ2v) is 8.85. The van der Waals surface area contributed by atoms with Crippen LogP contribution in [-0.4, -0.2) is 17.7 Å². The number of hydrogen-bond acceptors (Lipinski definition) is 3. The van der Waals surface area contributed by atoms with Crippen molar-refractivity contribution in [3.63, 3.8) is 0 Å². The van der Waals surface area contributed by atoms with Gasteiger partial charge in [0.2, 0.25) is 5.91 Å². The number of rotatable bonds is 13. The first-order valence-corrected chi connectivity index (χ1v) is 12.7. The summed E-state index contributed by atoms with van der Waals surface area (Å²) < 4.78 is 0. The maximum atomic E-state index is 12.7. The normalized spacial score (nSPS) is 10.5. The third-order valence-electron chi connectivity index (χ3n) is 5.85. The molecule has 0 radical (unpaired) electrons. The van der Waals surface area contributed by atoms with Crippen molar-refractivity contribution in [1.82, 2.24) is 0 Å². The van der Waals surface area contributed by atoms with Gasteiger partial charge in [-0.3, -0.25) is 14.4 Å². The van der Waals surface area contributed by atoms with Gasteiger partial charge in [0.15, 0.2) is 0 Å². The maximum absolute atomic E-state index is 12.7. The Morgan fingerprint density at radius 3 is 1.72 bits per heavy atom. The molecule has 3 amide bonds. The van der Waals surface area contributed by atoms with Gasteiger partial charge in [-0.15, -0.1) is 0 Å². The van der Waals surface area contributed by atoms with Gasteiger partial charge in [-0.05, 0) is 61.0 Å². The number of hydrogen-bond donors (Lipinski definition) is 3. The predicted molar refractivity (Wildman–Crippen MR) is 146 cm³/mol. The zero-order valence-corrected chi connectivity index (χ0v) is 20.9. The summed E-state index contributed by atoms with van der Waals surface area (Å²) in [6.45, 7) is 2.21. The molecule has 3 rings (SSSR count). The molecule has 0 aliphatic rings. The molecule has 0 atom stereocenters. The molecular weight excluding hydrogens is 450 g/mol. The number of unbranched alkanes of at least 4 members (excludes halogenated alkanes) is 6. The van der Waals surface area contributed by atoms with Crippen molar-refractivity contribution < 1.29 is 14.4 Å². The van der Waals surface area contributed by atoms with Crippen molar-refractivity contribution in [3.05, 3.63) is 90.0 Å². The van der Waals surface area contributed by atoms with Crippen molar-refractivity contribution >= 4 is 34.8 Å². The van der Waals surface area contributed by atoms with Crippen molar-refractivity contribution in [2.24, 2.45) is 0 Å². The van der Waals surface area contributed by atoms with E-state index >= 15 is 0 Å². The molecule has 188 valence electrons. The highest BCUT2D eigenvalue weighted by Crippen LogP contribution is 2.18. The molecular formula is C30H35N3O3. The summed E-state index contributed by atoms with van der Waals surface area (Å²) in [5.41, 5.74) is 2.85. The maximum Gasteiger partial charge on any atom is 0.255 e. The quantitative estimate of drug-likeness (QED) is 0.222. The summed E-state index contributed by atoms with van der Waals surface area (Å²) in [5.74, 6) is -0.499. The molecule has 6 nitrogen and oxygen atoms in total. The van der Waals surface area contributed by atoms with Gasteiger partial charge < -0.3 is 16.0 Å². The molecule has 3 aromatic carbocycles. The molecule has 36 heavy (non-hydrogen) atoms. The van der Waals surface area contributed by atoms with Crippen LogP contribution in [0.25, 0.3) is 0 Å². The third-order valence-corrected chi connectivity index (χ3v) is 5.85. The van der Waals surface area contributed by atoms with E-state index in [1.165, 1.54) is 32.1 Å². The molecule has 0 spiro atoms. The van der Waals surface area contributed by atoms with E-state index in [9.17, 15) is 14.4 Å². The van der Waals surface area contributed by atoms with E-state index in [0.717, 1.165) is 12.8 Å². The Bertz CT molecular complexity index is 1130. The van der Waals surface area contributed by atoms with Crippen LogP contribution in [0.4, 0.5) is 17.1 Å². The highest BCUT2D eigenvalue weighted by atomic mass is 16.2. The monoisotopic (exact) mass is 485 g/mol. The largest absolute Gasteiger partial charge is 0.326 e. The summed E-state index contributed by atoms with van der Waals surface area (Å²) in [6.07, 6.45) is 8.70. The second kappa shape index (κ2) is 14.5. The summed E-state index contributed by atoms with van der Waals surface area (Å²) in [4.78, 5) is 37.2. The van der Waals surface area contributed by atoms with Gasteiger partial charge in [-0.1, -0.05) is 69.7 Å². The Balaban J connectivity index is 1.45. The van der Waals surface area contributed by atoms with Crippen molar-refractivity contribution in [3.8, 4) is 0 Å². The first kappa shape index (κ1) is 26.7. The Morgan fingerprint density at radius 1 is 0.556 bits per heavy atom. The van der Waals surface area contributed by atoms with Crippen molar-refractivity contribution in [1.29, 1.82) is 0 Å². The lowest BCUT2D eigenvalue weighted by Gasteiger charge is -2.10. The lowest BCUT2D eigenvalue weighted by Crippen LogP contribution is -2.14. The SMILES string of the molecule is CCCCCCCCCC(=O)Nc1ccc(C(=O)Nc2cccc(NC(=O)c3ccccc3)c2)cc1. The Morgan fingerprint density at radius 2 is 1.11 bits per heavy atom. The van der Waals surface area contributed by atoms with Gasteiger partial charge in [0.1, 0.15) is 0 Å². The number of anilines is 3. The number of nitrogens with one attached hydrogen (secondary N) is 3. The Hall–Kier alpha value is -3.93. The van der Waals surface area contributed by atoms with E-state index in [1.54, 1.807) is 72.8 Å². The molecule has 0 unspecified atom stereocenters. The van der Waals surface area contributed by atoms with Crippen LogP contribution in [-0.2, 0) is 4.79 Å². The highest BCUT2D eigenvalue weighted by Gasteiger charge is 2.09. The van der Waals surface area contributed by atoms with Gasteiger partial charge in [0.25, 0.3) is 11.8 Å². The average molecular weight is 486 g/mol. The van der Waals surface area contributed by atoms with E-state index in [-0.39, 0.29) is 17.7 Å². The first-order valence-electron chi connectivity index (χ1n) is 12.7. The van der Waals surface area contributed by atoms with Crippen molar-refractivity contribution in [2.45, 2.75) is 58.3 Å². The first-order chi connectivity index (χ1) is 17.5. The summed E-state index contributed by atoms with van der Waals surface area (Å²) in [5, 5.41) is 8.58. The summed E-state index contributed by atoms with van der Waals surface area (Å²) in [6, 6.07) is 22.8. The molecule has 0 fully saturated rings. The summed E-state index contributed by atoms with van der Waals surface area (Å²) in [7, 11) is 0. The van der Waals surface area contributed by atoms with Gasteiger partial charge in [-0.25, -0.2) is 0 Å². The van der Waals surface area contributed by atoms with Crippen LogP contribution < -0.4 is 16.0 Å². The van der Waals surface area contributed by atoms with Gasteiger partial charge in [0.05, 0.1) is 0 Å². The fourth-order valence-corrected chi connectivity index (χ4v) is 3.84. The van der Waals surface area contributed by atoms with E-state index in [4.69, 9.17) is 0 Å². The number of carbonyl (C=O) groups is 3. The zero-order valence-electron chi connectivity index (χ0n) is 20.9. The van der Waals surface area contributed by atoms with Crippen LogP contribution in [0.2, 0.25) is 0 Å². The second-order valence-electron chi connectivity index (χ2n) is 8.85. The van der Waals surface area contributed by atoms with E-state index in [2.05, 4.69) is 22.9 Å². The molecule has 0 aliphatic heterocycles. The summed E-state index contributed by atoms with van der Waals surface area (Å²) >= 11 is 0. The lowest BCUT2D eigenvalue weighted by atomic mass is 10.1. The topological polar surface area (TPSA) is 87.3 Å². The minimum absolute atomic E-state index is 0.00451. The number of benzene rings is 3. The number of amides is 3. The molecule has 3 N–H and O–H groups in total. The molecule has 0 saturated heterocycles. The number of carbonyl (C=O) groups excluding carboxylic acids is 3. The van der Waals surface area contributed by atoms with Crippen LogP contribution in [0.5, 0.6) is 0 Å². The van der Waals surface area contributed by atoms with Crippen LogP contribution >= 0.6 is 0 Å². The van der Waals surface area contributed by atoms with E-state index in [1.807, 2.05) is 6.07 Å². The third kappa shape index (κ3) is 9.02. The van der Waals surface area contributed by atoms with Crippen molar-refractivity contribution in [2.75, 3.05) is 16.0 Å². The van der Waals surface area contributed by atoms with Gasteiger partial charge >= 0.3 is 0 Å². The lowest BCUT2D eigenvalue weighted by molar-refractivity contribution is -0.116. The fraction of sp³-hybridized carbons (Fsp3) is 0.300. The van der Waals surface area contributed by atoms with Gasteiger partial charge in [-0.2, -0.15) is 0 Å². The zero-order chi connectivity index (χ0) is 25.6. The molecule has 0 aliphatic carbocycles.